The van der Waals surface area contributed by atoms with Crippen molar-refractivity contribution >= 4 is 9.84 Å². The number of hydrogen-bond donors (Lipinski definition) is 0. The van der Waals surface area contributed by atoms with Crippen molar-refractivity contribution in [3.05, 3.63) is 42.1 Å². The van der Waals surface area contributed by atoms with Gasteiger partial charge in [-0.3, -0.25) is 4.98 Å². The van der Waals surface area contributed by atoms with Gasteiger partial charge in [0.1, 0.15) is 17.0 Å². The molecule has 5 nitrogen and oxygen atoms in total. The van der Waals surface area contributed by atoms with Crippen molar-refractivity contribution in [2.75, 3.05) is 25.9 Å². The van der Waals surface area contributed by atoms with E-state index < -0.39 is 15.5 Å². The third-order valence-electron chi connectivity index (χ3n) is 6.46. The van der Waals surface area contributed by atoms with Crippen LogP contribution in [0.2, 0.25) is 0 Å². The number of fused-ring (bicyclic) bond motifs is 1. The minimum Gasteiger partial charge on any atom is -0.485 e. The summed E-state index contributed by atoms with van der Waals surface area (Å²) in [6.45, 7) is 7.70. The second-order valence-electron chi connectivity index (χ2n) is 9.83. The second-order valence-corrected chi connectivity index (χ2v) is 11.9. The van der Waals surface area contributed by atoms with Gasteiger partial charge in [-0.1, -0.05) is 12.1 Å². The number of ether oxygens (including phenoxy) is 1. The van der Waals surface area contributed by atoms with Gasteiger partial charge >= 0.3 is 0 Å². The van der Waals surface area contributed by atoms with Crippen LogP contribution in [-0.4, -0.2) is 55.5 Å². The van der Waals surface area contributed by atoms with Crippen LogP contribution in [0.5, 0.6) is 5.75 Å². The number of aromatic nitrogens is 1. The molecule has 0 unspecified atom stereocenters. The SMILES string of the molecule is CC(C)(F)CN1CCC([C@@]2(C)Cc3cc(-c4ccc(S(C)(=O)=O)cc4)ncc3O2)CC1. The number of sulfone groups is 1. The van der Waals surface area contributed by atoms with Crippen molar-refractivity contribution in [3.63, 3.8) is 0 Å². The zero-order valence-electron chi connectivity index (χ0n) is 18.7. The molecule has 1 aromatic heterocycles. The van der Waals surface area contributed by atoms with Crippen LogP contribution in [0.25, 0.3) is 11.3 Å². The average Bonchev–Trinajstić information content (AvgIpc) is 3.03. The molecule has 1 saturated heterocycles. The van der Waals surface area contributed by atoms with E-state index in [0.717, 1.165) is 54.9 Å². The minimum atomic E-state index is -3.22. The number of nitrogens with zero attached hydrogens (tertiary/aromatic N) is 2. The Kier molecular flexibility index (Phi) is 5.63. The fourth-order valence-corrected chi connectivity index (χ4v) is 5.50. The second kappa shape index (κ2) is 7.85. The zero-order chi connectivity index (χ0) is 22.4. The van der Waals surface area contributed by atoms with Gasteiger partial charge in [0.2, 0.25) is 0 Å². The van der Waals surface area contributed by atoms with E-state index in [1.54, 1.807) is 44.3 Å². The van der Waals surface area contributed by atoms with Crippen molar-refractivity contribution in [1.29, 1.82) is 0 Å². The number of piperidine rings is 1. The van der Waals surface area contributed by atoms with Gasteiger partial charge in [0.25, 0.3) is 0 Å². The lowest BCUT2D eigenvalue weighted by atomic mass is 9.79. The first-order valence-corrected chi connectivity index (χ1v) is 12.7. The maximum Gasteiger partial charge on any atom is 0.175 e. The lowest BCUT2D eigenvalue weighted by Gasteiger charge is -2.41. The van der Waals surface area contributed by atoms with Gasteiger partial charge in [-0.15, -0.1) is 0 Å². The first kappa shape index (κ1) is 22.2. The third kappa shape index (κ3) is 4.93. The molecule has 3 heterocycles. The van der Waals surface area contributed by atoms with E-state index >= 15 is 0 Å². The first-order valence-electron chi connectivity index (χ1n) is 10.8. The fraction of sp³-hybridized carbons (Fsp3) is 0.542. The Balaban J connectivity index is 1.46. The summed E-state index contributed by atoms with van der Waals surface area (Å²) >= 11 is 0. The van der Waals surface area contributed by atoms with Crippen LogP contribution < -0.4 is 4.74 Å². The lowest BCUT2D eigenvalue weighted by molar-refractivity contribution is 0.00235. The molecule has 0 aliphatic carbocycles. The van der Waals surface area contributed by atoms with E-state index in [-0.39, 0.29) is 5.60 Å². The van der Waals surface area contributed by atoms with Crippen LogP contribution in [0.1, 0.15) is 39.2 Å². The number of likely N-dealkylation sites (tertiary alicyclic amines) is 1. The normalized spacial score (nSPS) is 22.9. The molecule has 31 heavy (non-hydrogen) atoms. The van der Waals surface area contributed by atoms with Gasteiger partial charge in [-0.25, -0.2) is 12.8 Å². The van der Waals surface area contributed by atoms with Crippen LogP contribution in [0.3, 0.4) is 0 Å². The molecule has 0 N–H and O–H groups in total. The van der Waals surface area contributed by atoms with Crippen molar-refractivity contribution in [1.82, 2.24) is 9.88 Å². The topological polar surface area (TPSA) is 59.5 Å². The lowest BCUT2D eigenvalue weighted by Crippen LogP contribution is -2.48. The monoisotopic (exact) mass is 446 g/mol. The van der Waals surface area contributed by atoms with Crippen LogP contribution in [0, 0.1) is 5.92 Å². The van der Waals surface area contributed by atoms with Crippen LogP contribution in [-0.2, 0) is 16.3 Å². The van der Waals surface area contributed by atoms with Crippen LogP contribution in [0.4, 0.5) is 4.39 Å². The summed E-state index contributed by atoms with van der Waals surface area (Å²) in [5.41, 5.74) is 1.38. The maximum absolute atomic E-state index is 14.0. The molecule has 2 aliphatic heterocycles. The van der Waals surface area contributed by atoms with Crippen molar-refractivity contribution in [3.8, 4) is 17.0 Å². The molecule has 4 rings (SSSR count). The highest BCUT2D eigenvalue weighted by atomic mass is 32.2. The molecule has 0 bridgehead atoms. The molecule has 168 valence electrons. The summed E-state index contributed by atoms with van der Waals surface area (Å²) in [7, 11) is -3.22. The van der Waals surface area contributed by atoms with Crippen molar-refractivity contribution in [2.45, 2.75) is 56.2 Å². The molecule has 0 amide bonds. The smallest absolute Gasteiger partial charge is 0.175 e. The summed E-state index contributed by atoms with van der Waals surface area (Å²) in [5.74, 6) is 1.24. The van der Waals surface area contributed by atoms with Gasteiger partial charge in [0.05, 0.1) is 16.8 Å². The van der Waals surface area contributed by atoms with E-state index in [4.69, 9.17) is 4.74 Å². The molecule has 7 heteroatoms. The maximum atomic E-state index is 14.0. The number of alkyl halides is 1. The molecule has 1 aromatic carbocycles. The minimum absolute atomic E-state index is 0.278. The van der Waals surface area contributed by atoms with Gasteiger partial charge in [-0.2, -0.15) is 0 Å². The predicted molar refractivity (Wildman–Crippen MR) is 120 cm³/mol. The first-order chi connectivity index (χ1) is 14.4. The molecule has 2 aliphatic rings. The Morgan fingerprint density at radius 1 is 1.23 bits per heavy atom. The Morgan fingerprint density at radius 3 is 2.45 bits per heavy atom. The Labute approximate surface area is 184 Å². The Morgan fingerprint density at radius 2 is 1.87 bits per heavy atom. The number of benzene rings is 1. The average molecular weight is 447 g/mol. The highest BCUT2D eigenvalue weighted by Crippen LogP contribution is 2.43. The molecular formula is C24H31FN2O3S. The summed E-state index contributed by atoms with van der Waals surface area (Å²) in [6.07, 6.45) is 5.79. The van der Waals surface area contributed by atoms with E-state index in [0.29, 0.717) is 17.4 Å². The van der Waals surface area contributed by atoms with Crippen molar-refractivity contribution < 1.29 is 17.5 Å². The predicted octanol–water partition coefficient (Wildman–Crippen LogP) is 4.31. The van der Waals surface area contributed by atoms with Crippen molar-refractivity contribution in [2.24, 2.45) is 5.92 Å². The number of hydrogen-bond acceptors (Lipinski definition) is 5. The Bertz CT molecular complexity index is 1060. The highest BCUT2D eigenvalue weighted by molar-refractivity contribution is 7.90. The number of pyridine rings is 1. The summed E-state index contributed by atoms with van der Waals surface area (Å²) < 4.78 is 43.8. The third-order valence-corrected chi connectivity index (χ3v) is 7.59. The van der Waals surface area contributed by atoms with Gasteiger partial charge < -0.3 is 9.64 Å². The largest absolute Gasteiger partial charge is 0.485 e. The standard InChI is InChI=1S/C24H31FN2O3S/c1-23(2,25)16-27-11-9-19(10-12-27)24(3)14-18-13-21(26-15-22(18)30-24)17-5-7-20(8-6-17)31(4,28)29/h5-8,13,15,19H,9-12,14,16H2,1-4H3/t24-/m1/s1. The molecule has 0 saturated carbocycles. The van der Waals surface area contributed by atoms with E-state index in [1.807, 2.05) is 0 Å². The molecule has 0 radical (unpaired) electrons. The van der Waals surface area contributed by atoms with E-state index in [9.17, 15) is 12.8 Å². The molecule has 1 atom stereocenters. The summed E-state index contributed by atoms with van der Waals surface area (Å²) in [6, 6.07) is 8.88. The molecule has 1 fully saturated rings. The quantitative estimate of drug-likeness (QED) is 0.685. The van der Waals surface area contributed by atoms with Gasteiger partial charge in [0, 0.05) is 36.3 Å². The molecular weight excluding hydrogens is 415 g/mol. The molecule has 2 aromatic rings. The summed E-state index contributed by atoms with van der Waals surface area (Å²) in [4.78, 5) is 7.06. The van der Waals surface area contributed by atoms with E-state index in [1.165, 1.54) is 6.26 Å². The zero-order valence-corrected chi connectivity index (χ0v) is 19.5. The Hall–Kier alpha value is -1.99. The summed E-state index contributed by atoms with van der Waals surface area (Å²) in [5, 5.41) is 0. The van der Waals surface area contributed by atoms with Crippen LogP contribution in [0.15, 0.2) is 41.4 Å². The highest BCUT2D eigenvalue weighted by Gasteiger charge is 2.43. The number of rotatable bonds is 5. The molecule has 0 spiro atoms. The fourth-order valence-electron chi connectivity index (χ4n) is 4.87. The van der Waals surface area contributed by atoms with E-state index in [2.05, 4.69) is 22.9 Å². The van der Waals surface area contributed by atoms with Gasteiger partial charge in [-0.05, 0) is 64.9 Å². The number of halogens is 1. The van der Waals surface area contributed by atoms with Gasteiger partial charge in [0.15, 0.2) is 9.84 Å². The van der Waals surface area contributed by atoms with Crippen LogP contribution >= 0.6 is 0 Å².